The summed E-state index contributed by atoms with van der Waals surface area (Å²) in [7, 11) is 0. The number of aryl methyl sites for hydroxylation is 1. The van der Waals surface area contributed by atoms with E-state index in [1.54, 1.807) is 12.3 Å². The quantitative estimate of drug-likeness (QED) is 0.293. The monoisotopic (exact) mass is 438 g/mol. The second-order valence-corrected chi connectivity index (χ2v) is 7.67. The van der Waals surface area contributed by atoms with E-state index in [-0.39, 0.29) is 29.0 Å². The summed E-state index contributed by atoms with van der Waals surface area (Å²) in [6.07, 6.45) is 0.901. The predicted octanol–water partition coefficient (Wildman–Crippen LogP) is 5.62. The zero-order chi connectivity index (χ0) is 22.5. The molecule has 3 aromatic rings. The minimum absolute atomic E-state index is 0.138. The summed E-state index contributed by atoms with van der Waals surface area (Å²) in [5.74, 6) is -1.06. The molecule has 8 heteroatoms. The van der Waals surface area contributed by atoms with E-state index in [1.165, 1.54) is 42.0 Å². The standard InChI is InChI=1S/C23H22N2O5S/c1-4-15-9-11-16(12-10-15)18-13-31-22(20(18)23(27)30-5-2)24-21(26)17-7-6-8-19(14(17)3)25(28)29/h6-13H,4-5H2,1-3H3,(H,24,26). The Morgan fingerprint density at radius 3 is 2.45 bits per heavy atom. The first-order valence-corrected chi connectivity index (χ1v) is 10.7. The number of carbonyl (C=O) groups excluding carboxylic acids is 2. The number of anilines is 1. The zero-order valence-electron chi connectivity index (χ0n) is 17.4. The van der Waals surface area contributed by atoms with E-state index in [0.717, 1.165) is 12.0 Å². The average Bonchev–Trinajstić information content (AvgIpc) is 3.17. The smallest absolute Gasteiger partial charge is 0.341 e. The molecule has 0 radical (unpaired) electrons. The molecule has 0 unspecified atom stereocenters. The van der Waals surface area contributed by atoms with E-state index in [9.17, 15) is 19.7 Å². The Kier molecular flexibility index (Phi) is 6.81. The molecule has 1 aromatic heterocycles. The van der Waals surface area contributed by atoms with Crippen molar-refractivity contribution in [1.29, 1.82) is 0 Å². The van der Waals surface area contributed by atoms with Gasteiger partial charge in [0.15, 0.2) is 0 Å². The Bertz CT molecular complexity index is 1140. The normalized spacial score (nSPS) is 10.5. The van der Waals surface area contributed by atoms with Crippen molar-refractivity contribution in [3.8, 4) is 11.1 Å². The molecule has 31 heavy (non-hydrogen) atoms. The third-order valence-corrected chi connectivity index (χ3v) is 5.81. The molecule has 2 aromatic carbocycles. The van der Waals surface area contributed by atoms with Crippen molar-refractivity contribution in [1.82, 2.24) is 0 Å². The zero-order valence-corrected chi connectivity index (χ0v) is 18.2. The van der Waals surface area contributed by atoms with Crippen LogP contribution in [0.5, 0.6) is 0 Å². The highest BCUT2D eigenvalue weighted by Crippen LogP contribution is 2.37. The third kappa shape index (κ3) is 4.64. The first-order chi connectivity index (χ1) is 14.9. The number of benzene rings is 2. The molecule has 0 aliphatic rings. The molecular formula is C23H22N2O5S. The van der Waals surface area contributed by atoms with Crippen LogP contribution in [-0.2, 0) is 11.2 Å². The van der Waals surface area contributed by atoms with Gasteiger partial charge < -0.3 is 10.1 Å². The van der Waals surface area contributed by atoms with Crippen LogP contribution >= 0.6 is 11.3 Å². The molecular weight excluding hydrogens is 416 g/mol. The lowest BCUT2D eigenvalue weighted by Crippen LogP contribution is -2.16. The van der Waals surface area contributed by atoms with E-state index >= 15 is 0 Å². The summed E-state index contributed by atoms with van der Waals surface area (Å²) in [6.45, 7) is 5.49. The van der Waals surface area contributed by atoms with Gasteiger partial charge in [-0.2, -0.15) is 0 Å². The number of rotatable bonds is 7. The third-order valence-electron chi connectivity index (χ3n) is 4.92. The number of amides is 1. The first-order valence-electron chi connectivity index (χ1n) is 9.80. The van der Waals surface area contributed by atoms with Crippen LogP contribution in [0.25, 0.3) is 11.1 Å². The average molecular weight is 439 g/mol. The number of nitro groups is 1. The van der Waals surface area contributed by atoms with E-state index < -0.39 is 16.8 Å². The van der Waals surface area contributed by atoms with Gasteiger partial charge in [-0.15, -0.1) is 11.3 Å². The van der Waals surface area contributed by atoms with Gasteiger partial charge in [0.2, 0.25) is 0 Å². The molecule has 1 heterocycles. The maximum atomic E-state index is 12.9. The van der Waals surface area contributed by atoms with Gasteiger partial charge in [-0.25, -0.2) is 4.79 Å². The minimum Gasteiger partial charge on any atom is -0.462 e. The molecule has 0 saturated carbocycles. The number of nitrogens with zero attached hydrogens (tertiary/aromatic N) is 1. The Morgan fingerprint density at radius 1 is 1.13 bits per heavy atom. The topological polar surface area (TPSA) is 98.5 Å². The van der Waals surface area contributed by atoms with Gasteiger partial charge in [0.05, 0.1) is 11.5 Å². The van der Waals surface area contributed by atoms with Gasteiger partial charge in [-0.3, -0.25) is 14.9 Å². The van der Waals surface area contributed by atoms with Crippen LogP contribution in [0.4, 0.5) is 10.7 Å². The molecule has 0 bridgehead atoms. The summed E-state index contributed by atoms with van der Waals surface area (Å²) in [5, 5.41) is 16.1. The first kappa shape index (κ1) is 22.2. The molecule has 160 valence electrons. The second-order valence-electron chi connectivity index (χ2n) is 6.79. The van der Waals surface area contributed by atoms with Crippen molar-refractivity contribution in [2.45, 2.75) is 27.2 Å². The van der Waals surface area contributed by atoms with E-state index in [2.05, 4.69) is 12.2 Å². The lowest BCUT2D eigenvalue weighted by molar-refractivity contribution is -0.385. The van der Waals surface area contributed by atoms with Crippen LogP contribution in [0.1, 0.15) is 45.7 Å². The van der Waals surface area contributed by atoms with Crippen molar-refractivity contribution in [2.24, 2.45) is 0 Å². The number of esters is 1. The fourth-order valence-corrected chi connectivity index (χ4v) is 4.18. The molecule has 1 amide bonds. The largest absolute Gasteiger partial charge is 0.462 e. The summed E-state index contributed by atoms with van der Waals surface area (Å²) < 4.78 is 5.22. The highest BCUT2D eigenvalue weighted by molar-refractivity contribution is 7.15. The van der Waals surface area contributed by atoms with E-state index in [0.29, 0.717) is 10.6 Å². The fraction of sp³-hybridized carbons (Fsp3) is 0.217. The SMILES string of the molecule is CCOC(=O)c1c(-c2ccc(CC)cc2)csc1NC(=O)c1cccc([N+](=O)[O-])c1C. The van der Waals surface area contributed by atoms with Crippen molar-refractivity contribution < 1.29 is 19.2 Å². The summed E-state index contributed by atoms with van der Waals surface area (Å²) in [4.78, 5) is 36.3. The number of thiophene rings is 1. The predicted molar refractivity (Wildman–Crippen MR) is 121 cm³/mol. The molecule has 1 N–H and O–H groups in total. The number of hydrogen-bond donors (Lipinski definition) is 1. The number of nitro benzene ring substituents is 1. The Morgan fingerprint density at radius 2 is 1.84 bits per heavy atom. The Labute approximate surface area is 183 Å². The summed E-state index contributed by atoms with van der Waals surface area (Å²) in [5.41, 5.74) is 3.24. The number of ether oxygens (including phenoxy) is 1. The van der Waals surface area contributed by atoms with Gasteiger partial charge in [-0.1, -0.05) is 37.3 Å². The van der Waals surface area contributed by atoms with Crippen molar-refractivity contribution in [2.75, 3.05) is 11.9 Å². The van der Waals surface area contributed by atoms with Gasteiger partial charge >= 0.3 is 5.97 Å². The molecule has 0 aliphatic carbocycles. The van der Waals surface area contributed by atoms with Crippen LogP contribution in [0, 0.1) is 17.0 Å². The number of carbonyl (C=O) groups is 2. The lowest BCUT2D eigenvalue weighted by atomic mass is 10.0. The summed E-state index contributed by atoms with van der Waals surface area (Å²) >= 11 is 1.21. The minimum atomic E-state index is -0.538. The van der Waals surface area contributed by atoms with Crippen molar-refractivity contribution in [3.63, 3.8) is 0 Å². The molecule has 3 rings (SSSR count). The molecule has 0 fully saturated rings. The van der Waals surface area contributed by atoms with Crippen LogP contribution in [0.3, 0.4) is 0 Å². The fourth-order valence-electron chi connectivity index (χ4n) is 3.23. The maximum absolute atomic E-state index is 12.9. The molecule has 0 aliphatic heterocycles. The molecule has 0 saturated heterocycles. The van der Waals surface area contributed by atoms with Crippen LogP contribution in [0.15, 0.2) is 47.8 Å². The van der Waals surface area contributed by atoms with Crippen LogP contribution in [0.2, 0.25) is 0 Å². The van der Waals surface area contributed by atoms with Gasteiger partial charge in [0.25, 0.3) is 11.6 Å². The van der Waals surface area contributed by atoms with Gasteiger partial charge in [0.1, 0.15) is 10.6 Å². The number of nitrogens with one attached hydrogen (secondary N) is 1. The highest BCUT2D eigenvalue weighted by Gasteiger charge is 2.25. The Hall–Kier alpha value is -3.52. The highest BCUT2D eigenvalue weighted by atomic mass is 32.1. The van der Waals surface area contributed by atoms with E-state index in [1.807, 2.05) is 24.3 Å². The van der Waals surface area contributed by atoms with Crippen molar-refractivity contribution in [3.05, 3.63) is 80.2 Å². The maximum Gasteiger partial charge on any atom is 0.341 e. The molecule has 0 atom stereocenters. The summed E-state index contributed by atoms with van der Waals surface area (Å²) in [6, 6.07) is 12.2. The van der Waals surface area contributed by atoms with Gasteiger partial charge in [-0.05, 0) is 37.5 Å². The van der Waals surface area contributed by atoms with E-state index in [4.69, 9.17) is 4.74 Å². The van der Waals surface area contributed by atoms with Crippen molar-refractivity contribution >= 4 is 33.9 Å². The van der Waals surface area contributed by atoms with Crippen LogP contribution in [-0.4, -0.2) is 23.4 Å². The lowest BCUT2D eigenvalue weighted by Gasteiger charge is -2.10. The molecule has 0 spiro atoms. The second kappa shape index (κ2) is 9.53. The molecule has 7 nitrogen and oxygen atoms in total. The number of hydrogen-bond acceptors (Lipinski definition) is 6. The van der Waals surface area contributed by atoms with Crippen LogP contribution < -0.4 is 5.32 Å². The van der Waals surface area contributed by atoms with Gasteiger partial charge in [0, 0.05) is 28.1 Å². The Balaban J connectivity index is 2.00.